The zero-order chi connectivity index (χ0) is 66.7. The second-order valence-corrected chi connectivity index (χ2v) is 25.1. The van der Waals surface area contributed by atoms with Crippen LogP contribution < -0.4 is 91.0 Å². The fraction of sp³-hybridized carbons (Fsp3) is 0.898. The van der Waals surface area contributed by atoms with Crippen LogP contribution in [0.25, 0.3) is 0 Å². The standard InChI is InChI=1S/C49H84N6O33S3.2Na/c1-22(58)52-33-38(65)42(86-48-41(68)44(36(63)26(17-57)83-48)88-46-34(53-23(2)59)43(37(64)27(84-46)18-80-90(70,71)72)87-47-40(67)39(66)35(62)25(16-56)82-47)28(19-81-91(73,74)75)85-45(33)79-10-5-8-50-31(61)20-78-15-14-77-13-12-76-11-9-51-30(60)7-4-3-6-29-32-24(21-89-29)54-49(69)55-32;;/h24-29,32-48,56-57,62-68H,3-21H2,1-2H3,(H,50,61)(H,51,60)(H,52,58)(H,53,59)(H2,54,55,69)(H,70,71,72)(H,73,74,75);;/q;2*+1/p-2/t24-,25?,26?,27?,28?,29-,32-,33?,34?,35?,36?,37?,38?,39?,40?,41?,42?,43?,44?,45?,46?,47?,48?;;/m0../s1. The molecule has 6 amide bonds. The Hall–Kier alpha value is -1.56. The van der Waals surface area contributed by atoms with Crippen molar-refractivity contribution in [3.63, 3.8) is 0 Å². The number of aliphatic hydroxyl groups is 9. The van der Waals surface area contributed by atoms with Gasteiger partial charge in [-0.2, -0.15) is 11.8 Å². The summed E-state index contributed by atoms with van der Waals surface area (Å²) in [5.41, 5.74) is 0. The SMILES string of the molecule is CC(=O)NC1C(OCCCNC(=O)COCCOCCOCCNC(=O)CCCC[C@@H]2SC[C@@H]3NC(=O)N[C@@H]32)OC(COS(=O)(=O)[O-])C(OC2OC(CO)C(O)C(OC3OC(COS(=O)(=O)[O-])C(O)C(OC4OC(CO)C(O)C(O)C4O)C3NC(C)=O)C2O)C1O.[Na+].[Na+]. The number of hydrogen-bond donors (Lipinski definition) is 15. The number of fused-ring (bicyclic) bond motifs is 1. The van der Waals surface area contributed by atoms with E-state index in [1.54, 1.807) is 0 Å². The number of rotatable bonds is 37. The van der Waals surface area contributed by atoms with Gasteiger partial charge < -0.3 is 139 Å². The molecule has 20 unspecified atom stereocenters. The third-order valence-corrected chi connectivity index (χ3v) is 17.3. The average molecular weight is 1430 g/mol. The minimum absolute atomic E-state index is 0. The van der Waals surface area contributed by atoms with Crippen LogP contribution in [0.2, 0.25) is 0 Å². The number of urea groups is 1. The molecule has 44 heteroatoms. The Balaban J connectivity index is 0.00000922. The topological polar surface area (TPSA) is 574 Å². The van der Waals surface area contributed by atoms with Crippen LogP contribution in [0.5, 0.6) is 0 Å². The molecule has 6 heterocycles. The molecule has 526 valence electrons. The second kappa shape index (κ2) is 40.6. The van der Waals surface area contributed by atoms with Crippen LogP contribution in [0.3, 0.4) is 0 Å². The molecule has 0 spiro atoms. The van der Waals surface area contributed by atoms with E-state index in [1.807, 2.05) is 11.8 Å². The Morgan fingerprint density at radius 1 is 0.570 bits per heavy atom. The van der Waals surface area contributed by atoms with Gasteiger partial charge in [0.15, 0.2) is 25.2 Å². The Kier molecular flexibility index (Phi) is 36.6. The fourth-order valence-electron chi connectivity index (χ4n) is 10.5. The molecule has 6 saturated heterocycles. The van der Waals surface area contributed by atoms with Crippen molar-refractivity contribution in [1.29, 1.82) is 0 Å². The van der Waals surface area contributed by atoms with Crippen molar-refractivity contribution in [1.82, 2.24) is 31.9 Å². The molecular weight excluding hydrogens is 1340 g/mol. The van der Waals surface area contributed by atoms with Crippen LogP contribution in [0.15, 0.2) is 0 Å². The van der Waals surface area contributed by atoms with Gasteiger partial charge in [-0.15, -0.1) is 0 Å². The summed E-state index contributed by atoms with van der Waals surface area (Å²) in [7, 11) is -11.1. The van der Waals surface area contributed by atoms with Crippen molar-refractivity contribution >= 4 is 62.2 Å². The quantitative estimate of drug-likeness (QED) is 0.00903. The number of amides is 6. The van der Waals surface area contributed by atoms with Gasteiger partial charge >= 0.3 is 65.1 Å². The van der Waals surface area contributed by atoms with E-state index in [1.165, 1.54) is 0 Å². The van der Waals surface area contributed by atoms with E-state index < -0.39 is 188 Å². The summed E-state index contributed by atoms with van der Waals surface area (Å²) in [5, 5.41) is 115. The smallest absolute Gasteiger partial charge is 0.726 e. The Labute approximate surface area is 583 Å². The van der Waals surface area contributed by atoms with E-state index in [2.05, 4.69) is 40.3 Å². The second-order valence-electron chi connectivity index (χ2n) is 21.7. The molecule has 6 aliphatic rings. The summed E-state index contributed by atoms with van der Waals surface area (Å²) >= 11 is 1.83. The van der Waals surface area contributed by atoms with Crippen molar-refractivity contribution in [2.45, 2.75) is 186 Å². The molecule has 0 aliphatic carbocycles. The first-order valence-electron chi connectivity index (χ1n) is 29.0. The maximum absolute atomic E-state index is 12.7. The predicted octanol–water partition coefficient (Wildman–Crippen LogP) is -16.1. The first-order valence-corrected chi connectivity index (χ1v) is 32.7. The molecule has 0 aromatic heterocycles. The summed E-state index contributed by atoms with van der Waals surface area (Å²) in [6.45, 7) is -2.15. The Morgan fingerprint density at radius 3 is 1.74 bits per heavy atom. The van der Waals surface area contributed by atoms with Crippen LogP contribution >= 0.6 is 11.8 Å². The normalized spacial score (nSPS) is 35.2. The molecule has 39 nitrogen and oxygen atoms in total. The van der Waals surface area contributed by atoms with Gasteiger partial charge in [-0.05, 0) is 19.3 Å². The van der Waals surface area contributed by atoms with Crippen LogP contribution in [0, 0.1) is 0 Å². The summed E-state index contributed by atoms with van der Waals surface area (Å²) in [5.74, 6) is -1.49. The molecule has 15 N–H and O–H groups in total. The molecular formula is C49H82N6Na2O33S3. The van der Waals surface area contributed by atoms with E-state index in [-0.39, 0.29) is 142 Å². The summed E-state index contributed by atoms with van der Waals surface area (Å²) < 4.78 is 141. The van der Waals surface area contributed by atoms with Gasteiger partial charge in [0.25, 0.3) is 0 Å². The van der Waals surface area contributed by atoms with Gasteiger partial charge in [0.1, 0.15) is 104 Å². The zero-order valence-corrected chi connectivity index (χ0v) is 57.7. The van der Waals surface area contributed by atoms with E-state index in [9.17, 15) is 95.9 Å². The largest absolute Gasteiger partial charge is 1.00 e. The average Bonchev–Trinajstić information content (AvgIpc) is 1.47. The van der Waals surface area contributed by atoms with E-state index in [4.69, 9.17) is 52.1 Å². The molecule has 23 atom stereocenters. The minimum Gasteiger partial charge on any atom is -0.726 e. The summed E-state index contributed by atoms with van der Waals surface area (Å²) in [6, 6.07) is -3.40. The Bertz CT molecular complexity index is 2550. The number of carbonyl (C=O) groups is 5. The third-order valence-electron chi connectivity index (χ3n) is 14.9. The van der Waals surface area contributed by atoms with E-state index in [0.29, 0.717) is 18.2 Å². The molecule has 0 saturated carbocycles. The van der Waals surface area contributed by atoms with Crippen LogP contribution in [0.4, 0.5) is 4.79 Å². The van der Waals surface area contributed by atoms with Crippen LogP contribution in [0.1, 0.15) is 46.0 Å². The first-order chi connectivity index (χ1) is 43.1. The van der Waals surface area contributed by atoms with Gasteiger partial charge in [-0.1, -0.05) is 6.42 Å². The molecule has 0 aromatic carbocycles. The van der Waals surface area contributed by atoms with E-state index >= 15 is 0 Å². The van der Waals surface area contributed by atoms with Crippen molar-refractivity contribution in [2.24, 2.45) is 0 Å². The number of aliphatic hydroxyl groups excluding tert-OH is 9. The molecule has 0 radical (unpaired) electrons. The summed E-state index contributed by atoms with van der Waals surface area (Å²) in [6.07, 6.45) is -34.0. The number of unbranched alkanes of at least 4 members (excludes halogenated alkanes) is 1. The van der Waals surface area contributed by atoms with Gasteiger partial charge in [-0.3, -0.25) is 27.5 Å². The molecule has 6 fully saturated rings. The number of carbonyl (C=O) groups excluding carboxylic acids is 5. The van der Waals surface area contributed by atoms with Crippen molar-refractivity contribution < 1.29 is 215 Å². The van der Waals surface area contributed by atoms with Crippen molar-refractivity contribution in [2.75, 3.05) is 91.5 Å². The van der Waals surface area contributed by atoms with Gasteiger partial charge in [0.2, 0.25) is 44.4 Å². The molecule has 93 heavy (non-hydrogen) atoms. The van der Waals surface area contributed by atoms with E-state index in [0.717, 1.165) is 38.9 Å². The van der Waals surface area contributed by atoms with Crippen molar-refractivity contribution in [3.8, 4) is 0 Å². The maximum atomic E-state index is 12.7. The van der Waals surface area contributed by atoms with Gasteiger partial charge in [0, 0.05) is 44.4 Å². The number of thioether (sulfide) groups is 1. The maximum Gasteiger partial charge on any atom is 1.00 e. The first kappa shape index (κ1) is 83.9. The van der Waals surface area contributed by atoms with Crippen LogP contribution in [-0.2, 0) is 100 Å². The minimum atomic E-state index is -5.55. The van der Waals surface area contributed by atoms with Crippen LogP contribution in [-0.4, -0.2) is 333 Å². The monoisotopic (exact) mass is 1420 g/mol. The Morgan fingerprint density at radius 2 is 1.11 bits per heavy atom. The number of nitrogens with one attached hydrogen (secondary N) is 6. The number of hydrogen-bond acceptors (Lipinski definition) is 34. The molecule has 0 bridgehead atoms. The van der Waals surface area contributed by atoms with Gasteiger partial charge in [-0.25, -0.2) is 21.6 Å². The molecule has 6 rings (SSSR count). The zero-order valence-electron chi connectivity index (χ0n) is 51.3. The predicted molar refractivity (Wildman–Crippen MR) is 295 cm³/mol. The summed E-state index contributed by atoms with van der Waals surface area (Å²) in [4.78, 5) is 61.5. The number of ether oxygens (including phenoxy) is 11. The molecule has 0 aromatic rings. The van der Waals surface area contributed by atoms with Crippen molar-refractivity contribution in [3.05, 3.63) is 0 Å². The fourth-order valence-corrected chi connectivity index (χ4v) is 12.7. The molecule has 6 aliphatic heterocycles. The van der Waals surface area contributed by atoms with Gasteiger partial charge in [0.05, 0.1) is 78.2 Å². The third kappa shape index (κ3) is 26.2.